The Kier molecular flexibility index (Phi) is 3.82. The molecule has 5 nitrogen and oxygen atoms in total. The predicted molar refractivity (Wildman–Crippen MR) is 60.8 cm³/mol. The summed E-state index contributed by atoms with van der Waals surface area (Å²) in [6.07, 6.45) is 0. The quantitative estimate of drug-likeness (QED) is 0.643. The van der Waals surface area contributed by atoms with E-state index >= 15 is 0 Å². The number of benzene rings is 1. The van der Waals surface area contributed by atoms with Crippen molar-refractivity contribution in [3.05, 3.63) is 32.2 Å². The highest BCUT2D eigenvalue weighted by molar-refractivity contribution is 9.13. The fraction of sp³-hybridized carbons (Fsp3) is 0. The second kappa shape index (κ2) is 4.75. The van der Waals surface area contributed by atoms with Crippen molar-refractivity contribution in [2.45, 2.75) is 0 Å². The maximum atomic E-state index is 11.3. The van der Waals surface area contributed by atoms with Crippen molar-refractivity contribution < 1.29 is 24.6 Å². The molecule has 0 unspecified atom stereocenters. The van der Waals surface area contributed by atoms with E-state index in [0.29, 0.717) is 4.47 Å². The number of rotatable bonds is 3. The van der Waals surface area contributed by atoms with Crippen molar-refractivity contribution in [2.75, 3.05) is 0 Å². The highest BCUT2D eigenvalue weighted by Gasteiger charge is 2.25. The van der Waals surface area contributed by atoms with Gasteiger partial charge in [-0.25, -0.2) is 9.59 Å². The molecule has 0 fully saturated rings. The third-order valence-electron chi connectivity index (χ3n) is 1.75. The summed E-state index contributed by atoms with van der Waals surface area (Å²) in [6.45, 7) is 0. The van der Waals surface area contributed by atoms with Crippen LogP contribution in [0.25, 0.3) is 0 Å². The summed E-state index contributed by atoms with van der Waals surface area (Å²) >= 11 is 6.04. The number of carbonyl (C=O) groups is 3. The van der Waals surface area contributed by atoms with Crippen molar-refractivity contribution >= 4 is 49.6 Å². The zero-order chi connectivity index (χ0) is 12.5. The molecule has 0 radical (unpaired) electrons. The maximum absolute atomic E-state index is 11.3. The molecule has 0 atom stereocenters. The lowest BCUT2D eigenvalue weighted by molar-refractivity contribution is -0.131. The molecule has 16 heavy (non-hydrogen) atoms. The maximum Gasteiger partial charge on any atom is 0.377 e. The van der Waals surface area contributed by atoms with Gasteiger partial charge in [-0.2, -0.15) is 0 Å². The van der Waals surface area contributed by atoms with Gasteiger partial charge in [-0.1, -0.05) is 0 Å². The number of hydrogen-bond donors (Lipinski definition) is 2. The lowest BCUT2D eigenvalue weighted by Crippen LogP contribution is -2.18. The molecule has 0 bridgehead atoms. The molecule has 2 N–H and O–H groups in total. The zero-order valence-corrected chi connectivity index (χ0v) is 10.7. The highest BCUT2D eigenvalue weighted by Crippen LogP contribution is 2.30. The number of hydrogen-bond acceptors (Lipinski definition) is 3. The van der Waals surface area contributed by atoms with E-state index in [-0.39, 0.29) is 15.6 Å². The fourth-order valence-electron chi connectivity index (χ4n) is 1.06. The van der Waals surface area contributed by atoms with Crippen LogP contribution >= 0.6 is 31.9 Å². The van der Waals surface area contributed by atoms with E-state index in [2.05, 4.69) is 31.9 Å². The van der Waals surface area contributed by atoms with E-state index < -0.39 is 17.7 Å². The van der Waals surface area contributed by atoms with Gasteiger partial charge < -0.3 is 10.2 Å². The van der Waals surface area contributed by atoms with E-state index in [4.69, 9.17) is 10.2 Å². The monoisotopic (exact) mass is 350 g/mol. The first-order chi connectivity index (χ1) is 7.36. The molecular formula is C9H4Br2O5. The molecule has 0 aliphatic rings. The smallest absolute Gasteiger partial charge is 0.377 e. The third kappa shape index (κ3) is 2.30. The van der Waals surface area contributed by atoms with Crippen LogP contribution in [-0.2, 0) is 4.79 Å². The minimum absolute atomic E-state index is 0.111. The Morgan fingerprint density at radius 1 is 1.06 bits per heavy atom. The molecule has 84 valence electrons. The van der Waals surface area contributed by atoms with Gasteiger partial charge in [0, 0.05) is 8.95 Å². The number of halogens is 2. The summed E-state index contributed by atoms with van der Waals surface area (Å²) in [4.78, 5) is 32.7. The van der Waals surface area contributed by atoms with Gasteiger partial charge in [0.05, 0.1) is 11.1 Å². The van der Waals surface area contributed by atoms with Gasteiger partial charge in [0.2, 0.25) is 0 Å². The van der Waals surface area contributed by atoms with Crippen LogP contribution in [0.5, 0.6) is 0 Å². The van der Waals surface area contributed by atoms with Gasteiger partial charge in [-0.05, 0) is 44.0 Å². The van der Waals surface area contributed by atoms with Gasteiger partial charge in [0.25, 0.3) is 5.78 Å². The first-order valence-corrected chi connectivity index (χ1v) is 5.43. The Morgan fingerprint density at radius 2 is 1.62 bits per heavy atom. The molecule has 0 aliphatic heterocycles. The van der Waals surface area contributed by atoms with E-state index in [0.717, 1.165) is 6.07 Å². The van der Waals surface area contributed by atoms with Crippen LogP contribution in [0.3, 0.4) is 0 Å². The Labute approximate surface area is 106 Å². The molecule has 0 amide bonds. The third-order valence-corrected chi connectivity index (χ3v) is 3.76. The lowest BCUT2D eigenvalue weighted by Gasteiger charge is -2.06. The molecule has 1 aromatic rings. The summed E-state index contributed by atoms with van der Waals surface area (Å²) < 4.78 is 0.516. The summed E-state index contributed by atoms with van der Waals surface area (Å²) in [5.74, 6) is -4.34. The number of carboxylic acids is 2. The fourth-order valence-corrected chi connectivity index (χ4v) is 1.91. The summed E-state index contributed by atoms with van der Waals surface area (Å²) in [6, 6.07) is 2.57. The number of aliphatic carboxylic acids is 1. The van der Waals surface area contributed by atoms with Crippen molar-refractivity contribution in [3.63, 3.8) is 0 Å². The predicted octanol–water partition coefficient (Wildman–Crippen LogP) is 2.18. The van der Waals surface area contributed by atoms with Gasteiger partial charge >= 0.3 is 11.9 Å². The summed E-state index contributed by atoms with van der Waals surface area (Å²) in [5.41, 5.74) is -0.739. The molecular weight excluding hydrogens is 348 g/mol. The second-order valence-electron chi connectivity index (χ2n) is 2.72. The first-order valence-electron chi connectivity index (χ1n) is 3.85. The van der Waals surface area contributed by atoms with Crippen LogP contribution in [-0.4, -0.2) is 27.9 Å². The topological polar surface area (TPSA) is 91.7 Å². The van der Waals surface area contributed by atoms with E-state index in [9.17, 15) is 14.4 Å². The van der Waals surface area contributed by atoms with Crippen molar-refractivity contribution in [1.29, 1.82) is 0 Å². The zero-order valence-electron chi connectivity index (χ0n) is 7.53. The Hall–Kier alpha value is -1.21. The van der Waals surface area contributed by atoms with Gasteiger partial charge in [-0.3, -0.25) is 4.79 Å². The molecule has 0 aliphatic carbocycles. The van der Waals surface area contributed by atoms with E-state index in [1.54, 1.807) is 0 Å². The van der Waals surface area contributed by atoms with E-state index in [1.807, 2.05) is 0 Å². The normalized spacial score (nSPS) is 9.88. The van der Waals surface area contributed by atoms with Crippen LogP contribution in [0.4, 0.5) is 0 Å². The molecule has 1 aromatic carbocycles. The number of carbonyl (C=O) groups excluding carboxylic acids is 1. The van der Waals surface area contributed by atoms with Crippen molar-refractivity contribution in [2.24, 2.45) is 0 Å². The Balaban J connectivity index is 3.55. The minimum Gasteiger partial charge on any atom is -0.478 e. The lowest BCUT2D eigenvalue weighted by atomic mass is 10.0. The standard InChI is InChI=1S/C9H4Br2O5/c10-4-2-1-3(8(13)14)5(6(4)11)7(12)9(15)16/h1-2H,(H,13,14)(H,15,16). The van der Waals surface area contributed by atoms with Gasteiger partial charge in [-0.15, -0.1) is 0 Å². The number of carboxylic acid groups (broad SMARTS) is 2. The average molecular weight is 352 g/mol. The Morgan fingerprint density at radius 3 is 2.06 bits per heavy atom. The summed E-state index contributed by atoms with van der Waals surface area (Å²) in [7, 11) is 0. The number of ketones is 1. The van der Waals surface area contributed by atoms with Crippen molar-refractivity contribution in [1.82, 2.24) is 0 Å². The molecule has 7 heteroatoms. The van der Waals surface area contributed by atoms with Crippen LogP contribution in [0.15, 0.2) is 21.1 Å². The second-order valence-corrected chi connectivity index (χ2v) is 4.37. The van der Waals surface area contributed by atoms with Crippen LogP contribution in [0.1, 0.15) is 20.7 Å². The van der Waals surface area contributed by atoms with Crippen molar-refractivity contribution in [3.8, 4) is 0 Å². The molecule has 0 spiro atoms. The molecule has 0 saturated carbocycles. The summed E-state index contributed by atoms with van der Waals surface area (Å²) in [5, 5.41) is 17.4. The largest absolute Gasteiger partial charge is 0.478 e. The average Bonchev–Trinajstić information content (AvgIpc) is 2.20. The van der Waals surface area contributed by atoms with Crippen LogP contribution < -0.4 is 0 Å². The molecule has 0 heterocycles. The Bertz CT molecular complexity index is 495. The van der Waals surface area contributed by atoms with Crippen LogP contribution in [0, 0.1) is 0 Å². The van der Waals surface area contributed by atoms with E-state index in [1.165, 1.54) is 6.07 Å². The highest BCUT2D eigenvalue weighted by atomic mass is 79.9. The number of Topliss-reactive ketones (excluding diaryl/α,β-unsaturated/α-hetero) is 1. The molecule has 0 saturated heterocycles. The van der Waals surface area contributed by atoms with Gasteiger partial charge in [0.1, 0.15) is 0 Å². The van der Waals surface area contributed by atoms with Crippen LogP contribution in [0.2, 0.25) is 0 Å². The molecule has 0 aromatic heterocycles. The van der Waals surface area contributed by atoms with Gasteiger partial charge in [0.15, 0.2) is 0 Å². The number of aromatic carboxylic acids is 1. The molecule has 1 rings (SSSR count). The SMILES string of the molecule is O=C(O)C(=O)c1c(C(=O)O)ccc(Br)c1Br. The first kappa shape index (κ1) is 12.9. The minimum atomic E-state index is -1.71.